The van der Waals surface area contributed by atoms with Crippen LogP contribution in [0.15, 0.2) is 36.4 Å². The maximum absolute atomic E-state index is 11.7. The molecule has 110 valence electrons. The Hall–Kier alpha value is -1.81. The second kappa shape index (κ2) is 9.15. The fourth-order valence-electron chi connectivity index (χ4n) is 1.55. The normalized spacial score (nSPS) is 10.1. The van der Waals surface area contributed by atoms with Gasteiger partial charge < -0.3 is 15.4 Å². The molecule has 2 N–H and O–H groups in total. The number of unbranched alkanes of at least 4 members (excludes halogenated alkanes) is 1. The van der Waals surface area contributed by atoms with E-state index in [9.17, 15) is 4.79 Å². The van der Waals surface area contributed by atoms with Crippen LogP contribution >= 0.6 is 0 Å². The van der Waals surface area contributed by atoms with E-state index in [1.54, 1.807) is 0 Å². The highest BCUT2D eigenvalue weighted by Gasteiger charge is 2.02. The number of carbonyl (C=O) groups excluding carboxylic acids is 1. The Labute approximate surface area is 121 Å². The SMILES string of the molecule is C=C(C)COc1ccc(NC(=O)CNCCCC)cc1. The lowest BCUT2D eigenvalue weighted by atomic mass is 10.3. The van der Waals surface area contributed by atoms with Crippen molar-refractivity contribution < 1.29 is 9.53 Å². The van der Waals surface area contributed by atoms with Gasteiger partial charge in [-0.25, -0.2) is 0 Å². The van der Waals surface area contributed by atoms with E-state index in [1.807, 2.05) is 31.2 Å². The fraction of sp³-hybridized carbons (Fsp3) is 0.438. The van der Waals surface area contributed by atoms with Gasteiger partial charge in [-0.1, -0.05) is 19.9 Å². The Kier molecular flexibility index (Phi) is 7.43. The third kappa shape index (κ3) is 6.95. The number of ether oxygens (including phenoxy) is 1. The molecule has 0 heterocycles. The minimum atomic E-state index is -0.0308. The zero-order valence-electron chi connectivity index (χ0n) is 12.4. The fourth-order valence-corrected chi connectivity index (χ4v) is 1.55. The number of carbonyl (C=O) groups is 1. The average molecular weight is 276 g/mol. The van der Waals surface area contributed by atoms with Gasteiger partial charge in [0.05, 0.1) is 6.54 Å². The lowest BCUT2D eigenvalue weighted by Gasteiger charge is -2.08. The third-order valence-electron chi connectivity index (χ3n) is 2.62. The van der Waals surface area contributed by atoms with Crippen LogP contribution in [0.3, 0.4) is 0 Å². The Balaban J connectivity index is 2.33. The first-order valence-electron chi connectivity index (χ1n) is 6.99. The van der Waals surface area contributed by atoms with Crippen molar-refractivity contribution in [2.75, 3.05) is 25.0 Å². The largest absolute Gasteiger partial charge is 0.489 e. The highest BCUT2D eigenvalue weighted by molar-refractivity contribution is 5.92. The topological polar surface area (TPSA) is 50.4 Å². The van der Waals surface area contributed by atoms with Crippen LogP contribution in [0, 0.1) is 0 Å². The van der Waals surface area contributed by atoms with Gasteiger partial charge in [-0.3, -0.25) is 4.79 Å². The molecular formula is C16H24N2O2. The average Bonchev–Trinajstić information content (AvgIpc) is 2.43. The molecule has 0 unspecified atom stereocenters. The van der Waals surface area contributed by atoms with Crippen molar-refractivity contribution in [2.24, 2.45) is 0 Å². The molecule has 0 spiro atoms. The zero-order valence-corrected chi connectivity index (χ0v) is 12.4. The summed E-state index contributed by atoms with van der Waals surface area (Å²) in [4.78, 5) is 11.7. The van der Waals surface area contributed by atoms with Crippen LogP contribution in [-0.4, -0.2) is 25.6 Å². The molecule has 0 aliphatic rings. The van der Waals surface area contributed by atoms with E-state index < -0.39 is 0 Å². The summed E-state index contributed by atoms with van der Waals surface area (Å²) in [5, 5.41) is 5.94. The summed E-state index contributed by atoms with van der Waals surface area (Å²) in [6.45, 7) is 9.54. The molecular weight excluding hydrogens is 252 g/mol. The van der Waals surface area contributed by atoms with E-state index in [2.05, 4.69) is 24.1 Å². The van der Waals surface area contributed by atoms with Crippen molar-refractivity contribution in [1.29, 1.82) is 0 Å². The van der Waals surface area contributed by atoms with E-state index in [1.165, 1.54) is 0 Å². The number of hydrogen-bond donors (Lipinski definition) is 2. The highest BCUT2D eigenvalue weighted by atomic mass is 16.5. The summed E-state index contributed by atoms with van der Waals surface area (Å²) in [6.07, 6.45) is 2.21. The molecule has 0 aromatic heterocycles. The standard InChI is InChI=1S/C16H24N2O2/c1-4-5-10-17-11-16(19)18-14-6-8-15(9-7-14)20-12-13(2)3/h6-9,17H,2,4-5,10-12H2,1,3H3,(H,18,19). The van der Waals surface area contributed by atoms with Crippen molar-refractivity contribution in [3.8, 4) is 5.75 Å². The van der Waals surface area contributed by atoms with Crippen LogP contribution < -0.4 is 15.4 Å². The Morgan fingerprint density at radius 3 is 2.60 bits per heavy atom. The van der Waals surface area contributed by atoms with Crippen LogP contribution in [0.1, 0.15) is 26.7 Å². The molecule has 0 aliphatic heterocycles. The number of hydrogen-bond acceptors (Lipinski definition) is 3. The van der Waals surface area contributed by atoms with Crippen molar-refractivity contribution >= 4 is 11.6 Å². The molecule has 0 aliphatic carbocycles. The first kappa shape index (κ1) is 16.2. The number of anilines is 1. The lowest BCUT2D eigenvalue weighted by Crippen LogP contribution is -2.28. The second-order valence-electron chi connectivity index (χ2n) is 4.85. The van der Waals surface area contributed by atoms with Gasteiger partial charge in [-0.05, 0) is 49.7 Å². The first-order valence-corrected chi connectivity index (χ1v) is 6.99. The maximum atomic E-state index is 11.7. The lowest BCUT2D eigenvalue weighted by molar-refractivity contribution is -0.115. The van der Waals surface area contributed by atoms with Gasteiger partial charge in [-0.2, -0.15) is 0 Å². The summed E-state index contributed by atoms with van der Waals surface area (Å²) in [5.74, 6) is 0.740. The predicted molar refractivity (Wildman–Crippen MR) is 83.2 cm³/mol. The predicted octanol–water partition coefficient (Wildman–Crippen LogP) is 2.97. The molecule has 1 rings (SSSR count). The monoisotopic (exact) mass is 276 g/mol. The molecule has 4 nitrogen and oxygen atoms in total. The van der Waals surface area contributed by atoms with E-state index in [-0.39, 0.29) is 5.91 Å². The summed E-state index contributed by atoms with van der Waals surface area (Å²) in [7, 11) is 0. The van der Waals surface area contributed by atoms with Crippen molar-refractivity contribution in [3.05, 3.63) is 36.4 Å². The molecule has 1 amide bonds. The van der Waals surface area contributed by atoms with Gasteiger partial charge in [0, 0.05) is 5.69 Å². The van der Waals surface area contributed by atoms with Gasteiger partial charge in [0.1, 0.15) is 12.4 Å². The van der Waals surface area contributed by atoms with Crippen LogP contribution in [-0.2, 0) is 4.79 Å². The molecule has 0 radical (unpaired) electrons. The maximum Gasteiger partial charge on any atom is 0.238 e. The first-order chi connectivity index (χ1) is 9.61. The quantitative estimate of drug-likeness (QED) is 0.538. The third-order valence-corrected chi connectivity index (χ3v) is 2.62. The molecule has 20 heavy (non-hydrogen) atoms. The van der Waals surface area contributed by atoms with Gasteiger partial charge in [0.15, 0.2) is 0 Å². The molecule has 4 heteroatoms. The van der Waals surface area contributed by atoms with Crippen LogP contribution in [0.4, 0.5) is 5.69 Å². The van der Waals surface area contributed by atoms with Gasteiger partial charge in [0.2, 0.25) is 5.91 Å². The number of benzene rings is 1. The van der Waals surface area contributed by atoms with Crippen molar-refractivity contribution in [3.63, 3.8) is 0 Å². The van der Waals surface area contributed by atoms with Crippen LogP contribution in [0.2, 0.25) is 0 Å². The van der Waals surface area contributed by atoms with E-state index in [0.717, 1.165) is 36.4 Å². The smallest absolute Gasteiger partial charge is 0.238 e. The van der Waals surface area contributed by atoms with Crippen LogP contribution in [0.25, 0.3) is 0 Å². The molecule has 0 saturated heterocycles. The molecule has 1 aromatic rings. The summed E-state index contributed by atoms with van der Waals surface area (Å²) < 4.78 is 5.49. The zero-order chi connectivity index (χ0) is 14.8. The Morgan fingerprint density at radius 2 is 2.00 bits per heavy atom. The number of nitrogens with one attached hydrogen (secondary N) is 2. The number of rotatable bonds is 9. The van der Waals surface area contributed by atoms with E-state index >= 15 is 0 Å². The van der Waals surface area contributed by atoms with Crippen LogP contribution in [0.5, 0.6) is 5.75 Å². The molecule has 0 bridgehead atoms. The molecule has 1 aromatic carbocycles. The Morgan fingerprint density at radius 1 is 1.30 bits per heavy atom. The highest BCUT2D eigenvalue weighted by Crippen LogP contribution is 2.16. The van der Waals surface area contributed by atoms with Gasteiger partial charge in [-0.15, -0.1) is 0 Å². The molecule has 0 atom stereocenters. The molecule has 0 fully saturated rings. The number of amides is 1. The minimum Gasteiger partial charge on any atom is -0.489 e. The summed E-state index contributed by atoms with van der Waals surface area (Å²) in [6, 6.07) is 7.33. The van der Waals surface area contributed by atoms with E-state index in [4.69, 9.17) is 4.74 Å². The van der Waals surface area contributed by atoms with Crippen molar-refractivity contribution in [1.82, 2.24) is 5.32 Å². The van der Waals surface area contributed by atoms with Gasteiger partial charge >= 0.3 is 0 Å². The van der Waals surface area contributed by atoms with E-state index in [0.29, 0.717) is 13.2 Å². The Bertz CT molecular complexity index is 427. The van der Waals surface area contributed by atoms with Gasteiger partial charge in [0.25, 0.3) is 0 Å². The minimum absolute atomic E-state index is 0.0308. The molecule has 0 saturated carbocycles. The summed E-state index contributed by atoms with van der Waals surface area (Å²) in [5.41, 5.74) is 1.75. The second-order valence-corrected chi connectivity index (χ2v) is 4.85. The van der Waals surface area contributed by atoms with Crippen molar-refractivity contribution in [2.45, 2.75) is 26.7 Å². The summed E-state index contributed by atoms with van der Waals surface area (Å²) >= 11 is 0.